The van der Waals surface area contributed by atoms with Gasteiger partial charge in [0.25, 0.3) is 11.8 Å². The molecule has 2 amide bonds. The van der Waals surface area contributed by atoms with Gasteiger partial charge < -0.3 is 20.3 Å². The van der Waals surface area contributed by atoms with Crippen LogP contribution in [0.1, 0.15) is 57.4 Å². The van der Waals surface area contributed by atoms with Gasteiger partial charge in [-0.05, 0) is 49.2 Å². The zero-order valence-electron chi connectivity index (χ0n) is 19.0. The van der Waals surface area contributed by atoms with Gasteiger partial charge in [0, 0.05) is 42.6 Å². The number of hydrogen-bond acceptors (Lipinski definition) is 4. The van der Waals surface area contributed by atoms with Crippen molar-refractivity contribution < 1.29 is 14.3 Å². The van der Waals surface area contributed by atoms with Crippen molar-refractivity contribution in [1.29, 1.82) is 0 Å². The van der Waals surface area contributed by atoms with Gasteiger partial charge in [0.05, 0.1) is 6.04 Å². The number of nitrogens with one attached hydrogen (secondary N) is 2. The normalized spacial score (nSPS) is 15.8. The lowest BCUT2D eigenvalue weighted by Crippen LogP contribution is -2.33. The third-order valence-electron chi connectivity index (χ3n) is 5.90. The molecule has 2 atom stereocenters. The second kappa shape index (κ2) is 10.3. The molecule has 0 bridgehead atoms. The fourth-order valence-electron chi connectivity index (χ4n) is 4.12. The number of nitrogens with zero attached hydrogens (tertiary/aromatic N) is 1. The van der Waals surface area contributed by atoms with Crippen LogP contribution in [0.4, 0.5) is 5.69 Å². The molecule has 3 aromatic rings. The Morgan fingerprint density at radius 1 is 1.00 bits per heavy atom. The van der Waals surface area contributed by atoms with Crippen LogP contribution in [0.3, 0.4) is 0 Å². The van der Waals surface area contributed by atoms with Gasteiger partial charge in [0.2, 0.25) is 0 Å². The topological polar surface area (TPSA) is 70.7 Å². The first-order chi connectivity index (χ1) is 16.1. The van der Waals surface area contributed by atoms with E-state index in [0.717, 1.165) is 28.8 Å². The van der Waals surface area contributed by atoms with E-state index < -0.39 is 0 Å². The van der Waals surface area contributed by atoms with Crippen LogP contribution in [0.25, 0.3) is 0 Å². The highest BCUT2D eigenvalue weighted by Crippen LogP contribution is 2.34. The van der Waals surface area contributed by atoms with Crippen LogP contribution in [0.5, 0.6) is 0 Å². The maximum Gasteiger partial charge on any atom is 0.256 e. The van der Waals surface area contributed by atoms with E-state index in [1.54, 1.807) is 19.2 Å². The van der Waals surface area contributed by atoms with Crippen molar-refractivity contribution in [2.24, 2.45) is 0 Å². The number of methoxy groups -OCH3 is 1. The summed E-state index contributed by atoms with van der Waals surface area (Å²) in [6.45, 7) is 3.16. The minimum Gasteiger partial charge on any atom is -0.385 e. The molecule has 33 heavy (non-hydrogen) atoms. The Bertz CT molecular complexity index is 1100. The quantitative estimate of drug-likeness (QED) is 0.467. The molecule has 0 fully saturated rings. The summed E-state index contributed by atoms with van der Waals surface area (Å²) in [4.78, 5) is 27.5. The third kappa shape index (κ3) is 5.07. The summed E-state index contributed by atoms with van der Waals surface area (Å²) in [5.74, 6) is -0.106. The highest BCUT2D eigenvalue weighted by Gasteiger charge is 2.36. The molecule has 2 unspecified atom stereocenters. The third-order valence-corrected chi connectivity index (χ3v) is 5.90. The summed E-state index contributed by atoms with van der Waals surface area (Å²) in [7, 11) is 1.66. The molecule has 1 heterocycles. The molecule has 6 nitrogen and oxygen atoms in total. The van der Waals surface area contributed by atoms with Gasteiger partial charge in [-0.2, -0.15) is 0 Å². The van der Waals surface area contributed by atoms with Crippen LogP contribution < -0.4 is 10.6 Å². The predicted octanol–water partition coefficient (Wildman–Crippen LogP) is 4.78. The van der Waals surface area contributed by atoms with Crippen LogP contribution in [0.2, 0.25) is 0 Å². The predicted molar refractivity (Wildman–Crippen MR) is 129 cm³/mol. The summed E-state index contributed by atoms with van der Waals surface area (Å²) in [5, 5.41) is 6.51. The highest BCUT2D eigenvalue weighted by atomic mass is 16.5. The Kier molecular flexibility index (Phi) is 7.05. The Labute approximate surface area is 194 Å². The van der Waals surface area contributed by atoms with Crippen molar-refractivity contribution in [2.75, 3.05) is 25.6 Å². The van der Waals surface area contributed by atoms with Crippen LogP contribution in [0, 0.1) is 0 Å². The first-order valence-electron chi connectivity index (χ1n) is 11.2. The summed E-state index contributed by atoms with van der Waals surface area (Å²) in [6, 6.07) is 24.8. The molecule has 0 saturated carbocycles. The number of carbonyl (C=O) groups is 2. The van der Waals surface area contributed by atoms with Crippen LogP contribution in [-0.2, 0) is 4.74 Å². The monoisotopic (exact) mass is 443 g/mol. The number of rotatable bonds is 9. The van der Waals surface area contributed by atoms with Gasteiger partial charge in [-0.25, -0.2) is 0 Å². The van der Waals surface area contributed by atoms with E-state index in [1.165, 1.54) is 0 Å². The number of amides is 2. The van der Waals surface area contributed by atoms with E-state index in [-0.39, 0.29) is 24.0 Å². The minimum atomic E-state index is -0.261. The van der Waals surface area contributed by atoms with Gasteiger partial charge in [0.1, 0.15) is 6.17 Å². The molecular formula is C27H29N3O3. The van der Waals surface area contributed by atoms with E-state index in [2.05, 4.69) is 10.6 Å². The second-order valence-corrected chi connectivity index (χ2v) is 8.16. The SMILES string of the molecule is COCCCN1C(=O)c2ccccc2C1Nc1ccc(C(=O)NC(C)c2ccccc2)cc1. The van der Waals surface area contributed by atoms with Crippen molar-refractivity contribution in [3.63, 3.8) is 0 Å². The molecule has 1 aliphatic heterocycles. The number of benzene rings is 3. The molecule has 2 N–H and O–H groups in total. The van der Waals surface area contributed by atoms with E-state index in [1.807, 2.05) is 78.6 Å². The molecule has 0 aliphatic carbocycles. The largest absolute Gasteiger partial charge is 0.385 e. The standard InChI is InChI=1S/C27H29N3O3/c1-19(20-9-4-3-5-10-20)28-26(31)21-13-15-22(16-14-21)29-25-23-11-6-7-12-24(23)27(32)30(25)17-8-18-33-2/h3-7,9-16,19,25,29H,8,17-18H2,1-2H3,(H,28,31). The number of ether oxygens (including phenoxy) is 1. The highest BCUT2D eigenvalue weighted by molar-refractivity contribution is 5.99. The molecule has 4 rings (SSSR count). The van der Waals surface area contributed by atoms with Crippen molar-refractivity contribution >= 4 is 17.5 Å². The fourth-order valence-corrected chi connectivity index (χ4v) is 4.12. The molecule has 3 aromatic carbocycles. The maximum atomic E-state index is 12.9. The van der Waals surface area contributed by atoms with E-state index in [0.29, 0.717) is 18.7 Å². The van der Waals surface area contributed by atoms with Gasteiger partial charge >= 0.3 is 0 Å². The van der Waals surface area contributed by atoms with Crippen LogP contribution in [-0.4, -0.2) is 37.0 Å². The van der Waals surface area contributed by atoms with Crippen molar-refractivity contribution in [3.8, 4) is 0 Å². The van der Waals surface area contributed by atoms with E-state index >= 15 is 0 Å². The van der Waals surface area contributed by atoms with Crippen molar-refractivity contribution in [2.45, 2.75) is 25.6 Å². The molecule has 0 aromatic heterocycles. The summed E-state index contributed by atoms with van der Waals surface area (Å²) >= 11 is 0. The van der Waals surface area contributed by atoms with Crippen LogP contribution >= 0.6 is 0 Å². The molecule has 0 spiro atoms. The Balaban J connectivity index is 1.46. The summed E-state index contributed by atoms with van der Waals surface area (Å²) < 4.78 is 5.16. The molecular weight excluding hydrogens is 414 g/mol. The van der Waals surface area contributed by atoms with Gasteiger partial charge in [-0.3, -0.25) is 9.59 Å². The lowest BCUT2D eigenvalue weighted by molar-refractivity contribution is 0.0721. The van der Waals surface area contributed by atoms with Gasteiger partial charge in [-0.1, -0.05) is 48.5 Å². The summed E-state index contributed by atoms with van der Waals surface area (Å²) in [5.41, 5.74) is 4.16. The second-order valence-electron chi connectivity index (χ2n) is 8.16. The van der Waals surface area contributed by atoms with Crippen molar-refractivity contribution in [1.82, 2.24) is 10.2 Å². The zero-order valence-corrected chi connectivity index (χ0v) is 19.0. The Hall–Kier alpha value is -3.64. The Morgan fingerprint density at radius 3 is 2.42 bits per heavy atom. The lowest BCUT2D eigenvalue weighted by atomic mass is 10.1. The van der Waals surface area contributed by atoms with Crippen LogP contribution in [0.15, 0.2) is 78.9 Å². The smallest absolute Gasteiger partial charge is 0.256 e. The molecule has 0 saturated heterocycles. The van der Waals surface area contributed by atoms with E-state index in [4.69, 9.17) is 4.74 Å². The first-order valence-corrected chi connectivity index (χ1v) is 11.2. The first kappa shape index (κ1) is 22.6. The summed E-state index contributed by atoms with van der Waals surface area (Å²) in [6.07, 6.45) is 0.496. The minimum absolute atomic E-state index is 0.0186. The maximum absolute atomic E-state index is 12.9. The fraction of sp³-hybridized carbons (Fsp3) is 0.259. The number of fused-ring (bicyclic) bond motifs is 1. The zero-order chi connectivity index (χ0) is 23.2. The molecule has 6 heteroatoms. The molecule has 170 valence electrons. The number of hydrogen-bond donors (Lipinski definition) is 2. The lowest BCUT2D eigenvalue weighted by Gasteiger charge is -2.27. The van der Waals surface area contributed by atoms with Gasteiger partial charge in [-0.15, -0.1) is 0 Å². The number of carbonyl (C=O) groups excluding carboxylic acids is 2. The average molecular weight is 444 g/mol. The Morgan fingerprint density at radius 2 is 1.70 bits per heavy atom. The van der Waals surface area contributed by atoms with E-state index in [9.17, 15) is 9.59 Å². The number of anilines is 1. The molecule has 0 radical (unpaired) electrons. The van der Waals surface area contributed by atoms with Gasteiger partial charge in [0.15, 0.2) is 0 Å². The van der Waals surface area contributed by atoms with Crippen molar-refractivity contribution in [3.05, 3.63) is 101 Å². The average Bonchev–Trinajstić information content (AvgIpc) is 3.11. The molecule has 1 aliphatic rings.